The first-order valence-corrected chi connectivity index (χ1v) is 9.90. The van der Waals surface area contributed by atoms with Crippen molar-refractivity contribution in [2.24, 2.45) is 0 Å². The highest BCUT2D eigenvalue weighted by Gasteiger charge is 2.29. The number of fused-ring (bicyclic) bond motifs is 4. The minimum Gasteiger partial charge on any atom is -0.366 e. The van der Waals surface area contributed by atoms with E-state index in [1.807, 2.05) is 22.7 Å². The van der Waals surface area contributed by atoms with Crippen LogP contribution in [0.1, 0.15) is 42.3 Å². The summed E-state index contributed by atoms with van der Waals surface area (Å²) >= 11 is 6.22. The van der Waals surface area contributed by atoms with Gasteiger partial charge in [0.25, 0.3) is 0 Å². The summed E-state index contributed by atoms with van der Waals surface area (Å²) in [4.78, 5) is 3.55. The van der Waals surface area contributed by atoms with Crippen LogP contribution in [0.2, 0.25) is 5.02 Å². The van der Waals surface area contributed by atoms with Crippen molar-refractivity contribution in [2.75, 3.05) is 5.32 Å². The number of anilines is 1. The lowest BCUT2D eigenvalue weighted by atomic mass is 9.91. The Balaban J connectivity index is 1.30. The topological polar surface area (TPSA) is 70.9 Å². The summed E-state index contributed by atoms with van der Waals surface area (Å²) in [5.41, 5.74) is 4.70. The van der Waals surface area contributed by atoms with Crippen molar-refractivity contribution < 1.29 is 0 Å². The Morgan fingerprint density at radius 1 is 1.11 bits per heavy atom. The van der Waals surface area contributed by atoms with Crippen LogP contribution in [0.3, 0.4) is 0 Å². The van der Waals surface area contributed by atoms with Gasteiger partial charge in [0.15, 0.2) is 11.5 Å². The van der Waals surface area contributed by atoms with Gasteiger partial charge in [-0.3, -0.25) is 0 Å². The molecule has 2 N–H and O–H groups in total. The van der Waals surface area contributed by atoms with Crippen molar-refractivity contribution in [2.45, 2.75) is 44.1 Å². The first-order chi connectivity index (χ1) is 13.2. The molecule has 0 spiro atoms. The Bertz CT molecular complexity index is 1170. The SMILES string of the molecule is Clc1ccc2[nH]c3c(c2c1)CC(Nc1ccc2nnc(C4CC4)n2n1)CC3. The molecule has 2 aliphatic rings. The maximum atomic E-state index is 6.22. The van der Waals surface area contributed by atoms with Gasteiger partial charge < -0.3 is 10.3 Å². The zero-order valence-corrected chi connectivity index (χ0v) is 15.5. The van der Waals surface area contributed by atoms with Gasteiger partial charge in [-0.15, -0.1) is 15.3 Å². The Morgan fingerprint density at radius 2 is 2.04 bits per heavy atom. The molecular weight excluding hydrogens is 360 g/mol. The molecule has 1 saturated carbocycles. The lowest BCUT2D eigenvalue weighted by Crippen LogP contribution is -2.27. The summed E-state index contributed by atoms with van der Waals surface area (Å²) < 4.78 is 1.90. The molecule has 6 nitrogen and oxygen atoms in total. The van der Waals surface area contributed by atoms with E-state index in [1.54, 1.807) is 0 Å². The molecule has 4 aromatic rings. The predicted octanol–water partition coefficient (Wildman–Crippen LogP) is 4.11. The highest BCUT2D eigenvalue weighted by atomic mass is 35.5. The molecule has 27 heavy (non-hydrogen) atoms. The molecule has 1 fully saturated rings. The van der Waals surface area contributed by atoms with Crippen molar-refractivity contribution in [3.05, 3.63) is 52.4 Å². The predicted molar refractivity (Wildman–Crippen MR) is 106 cm³/mol. The molecule has 0 aliphatic heterocycles. The summed E-state index contributed by atoms with van der Waals surface area (Å²) in [5.74, 6) is 2.40. The highest BCUT2D eigenvalue weighted by Crippen LogP contribution is 2.38. The number of rotatable bonds is 3. The molecule has 1 aromatic carbocycles. The molecule has 3 heterocycles. The van der Waals surface area contributed by atoms with Gasteiger partial charge in [-0.1, -0.05) is 11.6 Å². The minimum atomic E-state index is 0.348. The molecule has 0 bridgehead atoms. The molecule has 7 heteroatoms. The van der Waals surface area contributed by atoms with Gasteiger partial charge in [0, 0.05) is 33.6 Å². The zero-order valence-electron chi connectivity index (χ0n) is 14.7. The largest absolute Gasteiger partial charge is 0.366 e. The van der Waals surface area contributed by atoms with E-state index < -0.39 is 0 Å². The molecular formula is C20H19ClN6. The number of aryl methyl sites for hydroxylation is 1. The van der Waals surface area contributed by atoms with Crippen LogP contribution in [-0.4, -0.2) is 30.8 Å². The third-order valence-corrected chi connectivity index (χ3v) is 5.97. The Morgan fingerprint density at radius 3 is 2.93 bits per heavy atom. The van der Waals surface area contributed by atoms with E-state index in [0.29, 0.717) is 12.0 Å². The van der Waals surface area contributed by atoms with Crippen LogP contribution < -0.4 is 5.32 Å². The van der Waals surface area contributed by atoms with Gasteiger partial charge in [-0.2, -0.15) is 4.52 Å². The summed E-state index contributed by atoms with van der Waals surface area (Å²) in [6, 6.07) is 10.4. The number of nitrogens with one attached hydrogen (secondary N) is 2. The van der Waals surface area contributed by atoms with E-state index in [9.17, 15) is 0 Å². The first-order valence-electron chi connectivity index (χ1n) is 9.52. The van der Waals surface area contributed by atoms with Gasteiger partial charge in [0.2, 0.25) is 0 Å². The third kappa shape index (κ3) is 2.58. The molecule has 6 rings (SSSR count). The fraction of sp³-hybridized carbons (Fsp3) is 0.350. The number of hydrogen-bond donors (Lipinski definition) is 2. The van der Waals surface area contributed by atoms with Crippen molar-refractivity contribution >= 4 is 34.0 Å². The smallest absolute Gasteiger partial charge is 0.178 e. The van der Waals surface area contributed by atoms with Crippen molar-refractivity contribution in [3.63, 3.8) is 0 Å². The van der Waals surface area contributed by atoms with Crippen LogP contribution >= 0.6 is 11.6 Å². The van der Waals surface area contributed by atoms with Gasteiger partial charge >= 0.3 is 0 Å². The van der Waals surface area contributed by atoms with Crippen molar-refractivity contribution in [3.8, 4) is 0 Å². The van der Waals surface area contributed by atoms with Crippen LogP contribution in [-0.2, 0) is 12.8 Å². The van der Waals surface area contributed by atoms with E-state index in [4.69, 9.17) is 16.7 Å². The molecule has 0 amide bonds. The van der Waals surface area contributed by atoms with E-state index in [2.05, 4.69) is 32.6 Å². The van der Waals surface area contributed by atoms with E-state index in [1.165, 1.54) is 35.0 Å². The lowest BCUT2D eigenvalue weighted by Gasteiger charge is -2.24. The number of H-pyrrole nitrogens is 1. The fourth-order valence-electron chi connectivity index (χ4n) is 4.20. The second-order valence-corrected chi connectivity index (χ2v) is 8.11. The number of benzene rings is 1. The van der Waals surface area contributed by atoms with Crippen LogP contribution in [0.4, 0.5) is 5.82 Å². The monoisotopic (exact) mass is 378 g/mol. The molecule has 3 aromatic heterocycles. The molecule has 136 valence electrons. The van der Waals surface area contributed by atoms with Gasteiger partial charge in [-0.05, 0) is 68.0 Å². The molecule has 2 aliphatic carbocycles. The second kappa shape index (κ2) is 5.70. The summed E-state index contributed by atoms with van der Waals surface area (Å²) in [7, 11) is 0. The van der Waals surface area contributed by atoms with Crippen LogP contribution in [0.25, 0.3) is 16.6 Å². The average molecular weight is 379 g/mol. The quantitative estimate of drug-likeness (QED) is 0.563. The summed E-state index contributed by atoms with van der Waals surface area (Å²) in [6.07, 6.45) is 5.45. The average Bonchev–Trinajstić information content (AvgIpc) is 3.34. The summed E-state index contributed by atoms with van der Waals surface area (Å²) in [5, 5.41) is 19.0. The second-order valence-electron chi connectivity index (χ2n) is 7.68. The van der Waals surface area contributed by atoms with E-state index in [-0.39, 0.29) is 0 Å². The van der Waals surface area contributed by atoms with Gasteiger partial charge in [-0.25, -0.2) is 0 Å². The number of aromatic amines is 1. The van der Waals surface area contributed by atoms with Gasteiger partial charge in [0.1, 0.15) is 5.82 Å². The van der Waals surface area contributed by atoms with Gasteiger partial charge in [0.05, 0.1) is 0 Å². The molecule has 0 radical (unpaired) electrons. The maximum Gasteiger partial charge on any atom is 0.178 e. The van der Waals surface area contributed by atoms with Crippen LogP contribution in [0.5, 0.6) is 0 Å². The minimum absolute atomic E-state index is 0.348. The molecule has 1 atom stereocenters. The van der Waals surface area contributed by atoms with E-state index >= 15 is 0 Å². The normalized spacial score (nSPS) is 19.5. The van der Waals surface area contributed by atoms with Crippen LogP contribution in [0, 0.1) is 0 Å². The number of aromatic nitrogens is 5. The van der Waals surface area contributed by atoms with Crippen molar-refractivity contribution in [1.29, 1.82) is 0 Å². The standard InChI is InChI=1S/C20H19ClN6/c21-12-3-5-16-14(9-12)15-10-13(4-6-17(15)23-16)22-18-7-8-19-24-25-20(11-1-2-11)27(19)26-18/h3,5,7-9,11,13,23H,1-2,4,6,10H2,(H,22,26). The molecule has 0 saturated heterocycles. The van der Waals surface area contributed by atoms with Crippen molar-refractivity contribution in [1.82, 2.24) is 24.8 Å². The third-order valence-electron chi connectivity index (χ3n) is 5.73. The number of halogens is 1. The maximum absolute atomic E-state index is 6.22. The van der Waals surface area contributed by atoms with E-state index in [0.717, 1.165) is 41.6 Å². The fourth-order valence-corrected chi connectivity index (χ4v) is 4.37. The summed E-state index contributed by atoms with van der Waals surface area (Å²) in [6.45, 7) is 0. The lowest BCUT2D eigenvalue weighted by molar-refractivity contribution is 0.603. The molecule has 1 unspecified atom stereocenters. The highest BCUT2D eigenvalue weighted by molar-refractivity contribution is 6.31. The number of nitrogens with zero attached hydrogens (tertiary/aromatic N) is 4. The first kappa shape index (κ1) is 15.5. The van der Waals surface area contributed by atoms with Crippen LogP contribution in [0.15, 0.2) is 30.3 Å². The number of hydrogen-bond acceptors (Lipinski definition) is 4. The zero-order chi connectivity index (χ0) is 18.0. The Hall–Kier alpha value is -2.60. The Kier molecular flexibility index (Phi) is 3.26. The Labute approximate surface area is 160 Å².